The van der Waals surface area contributed by atoms with Crippen LogP contribution in [0.15, 0.2) is 24.3 Å². The largest absolute Gasteiger partial charge is 0.530 e. The molecule has 3 nitrogen and oxygen atoms in total. The Morgan fingerprint density at radius 1 is 1.40 bits per heavy atom. The number of benzene rings is 1. The van der Waals surface area contributed by atoms with Gasteiger partial charge in [-0.15, -0.1) is 0 Å². The van der Waals surface area contributed by atoms with Gasteiger partial charge in [-0.2, -0.15) is 11.8 Å². The molecule has 0 saturated carbocycles. The second kappa shape index (κ2) is 6.35. The van der Waals surface area contributed by atoms with Crippen LogP contribution in [0.5, 0.6) is 0 Å². The van der Waals surface area contributed by atoms with E-state index in [1.54, 1.807) is 0 Å². The molecule has 0 fully saturated rings. The maximum atomic E-state index is 10.3. The molecule has 1 N–H and O–H groups in total. The van der Waals surface area contributed by atoms with E-state index >= 15 is 0 Å². The molecule has 0 bridgehead atoms. The van der Waals surface area contributed by atoms with Crippen LogP contribution in [0.1, 0.15) is 18.1 Å². The van der Waals surface area contributed by atoms with Crippen LogP contribution in [0.2, 0.25) is 0 Å². The lowest BCUT2D eigenvalue weighted by molar-refractivity contribution is -0.251. The first-order chi connectivity index (χ1) is 7.24. The molecule has 0 aliphatic carbocycles. The second-order valence-corrected chi connectivity index (χ2v) is 4.32. The molecule has 1 amide bonds. The number of hydrogen-bond donors (Lipinski definition) is 1. The first kappa shape index (κ1) is 11.9. The molecule has 0 aliphatic rings. The Morgan fingerprint density at radius 2 is 2.07 bits per heavy atom. The number of carbonyl (C=O) groups is 1. The Labute approximate surface area is 93.9 Å². The Hall–Kier alpha value is -1.16. The molecule has 0 saturated heterocycles. The van der Waals surface area contributed by atoms with Crippen molar-refractivity contribution < 1.29 is 9.90 Å². The fourth-order valence-electron chi connectivity index (χ4n) is 1.25. The molecule has 0 atom stereocenters. The minimum Gasteiger partial charge on any atom is -0.530 e. The minimum absolute atomic E-state index is 0.322. The molecular formula is C11H14NO2S-. The highest BCUT2D eigenvalue weighted by Crippen LogP contribution is 2.16. The summed E-state index contributed by atoms with van der Waals surface area (Å²) in [6, 6.07) is 7.83. The van der Waals surface area contributed by atoms with Gasteiger partial charge in [-0.25, -0.2) is 0 Å². The number of rotatable bonds is 5. The number of thioether (sulfide) groups is 1. The zero-order chi connectivity index (χ0) is 11.1. The van der Waals surface area contributed by atoms with Gasteiger partial charge in [0.1, 0.15) is 6.09 Å². The SMILES string of the molecule is CCSCc1ccccc1CNC(=O)[O-]. The van der Waals surface area contributed by atoms with E-state index < -0.39 is 6.09 Å². The first-order valence-corrected chi connectivity index (χ1v) is 5.99. The van der Waals surface area contributed by atoms with E-state index in [0.29, 0.717) is 6.54 Å². The van der Waals surface area contributed by atoms with E-state index in [1.165, 1.54) is 5.56 Å². The summed E-state index contributed by atoms with van der Waals surface area (Å²) in [4.78, 5) is 10.3. The van der Waals surface area contributed by atoms with Crippen LogP contribution in [0, 0.1) is 0 Å². The summed E-state index contributed by atoms with van der Waals surface area (Å²) in [5.74, 6) is 1.98. The van der Waals surface area contributed by atoms with Crippen LogP contribution < -0.4 is 10.4 Å². The van der Waals surface area contributed by atoms with Crippen molar-refractivity contribution in [3.8, 4) is 0 Å². The summed E-state index contributed by atoms with van der Waals surface area (Å²) in [6.45, 7) is 2.43. The lowest BCUT2D eigenvalue weighted by Crippen LogP contribution is -2.36. The van der Waals surface area contributed by atoms with Crippen molar-refractivity contribution in [2.45, 2.75) is 19.2 Å². The van der Waals surface area contributed by atoms with Crippen LogP contribution in [-0.2, 0) is 12.3 Å². The molecule has 0 heterocycles. The molecule has 0 radical (unpaired) electrons. The summed E-state index contributed by atoms with van der Waals surface area (Å²) < 4.78 is 0. The van der Waals surface area contributed by atoms with Crippen molar-refractivity contribution in [1.82, 2.24) is 5.32 Å². The topological polar surface area (TPSA) is 52.2 Å². The highest BCUT2D eigenvalue weighted by atomic mass is 32.2. The molecule has 82 valence electrons. The van der Waals surface area contributed by atoms with Gasteiger partial charge < -0.3 is 15.2 Å². The fraction of sp³-hybridized carbons (Fsp3) is 0.364. The van der Waals surface area contributed by atoms with Crippen LogP contribution >= 0.6 is 11.8 Å². The number of nitrogens with one attached hydrogen (secondary N) is 1. The minimum atomic E-state index is -1.23. The smallest absolute Gasteiger partial charge is 0.134 e. The molecule has 0 aromatic heterocycles. The summed E-state index contributed by atoms with van der Waals surface area (Å²) in [6.07, 6.45) is -1.23. The standard InChI is InChI=1S/C11H15NO2S/c1-2-15-8-10-6-4-3-5-9(10)7-12-11(13)14/h3-6,12H,2,7-8H2,1H3,(H,13,14)/p-1. The summed E-state index contributed by atoms with van der Waals surface area (Å²) in [5, 5.41) is 12.5. The van der Waals surface area contributed by atoms with Crippen LogP contribution in [-0.4, -0.2) is 11.8 Å². The molecule has 1 aromatic carbocycles. The van der Waals surface area contributed by atoms with Crippen molar-refractivity contribution in [3.63, 3.8) is 0 Å². The van der Waals surface area contributed by atoms with E-state index in [1.807, 2.05) is 36.0 Å². The number of amides is 1. The van der Waals surface area contributed by atoms with Crippen LogP contribution in [0.4, 0.5) is 4.79 Å². The zero-order valence-electron chi connectivity index (χ0n) is 8.66. The third-order valence-electron chi connectivity index (χ3n) is 2.00. The highest BCUT2D eigenvalue weighted by molar-refractivity contribution is 7.98. The molecule has 1 rings (SSSR count). The third-order valence-corrected chi connectivity index (χ3v) is 2.93. The zero-order valence-corrected chi connectivity index (χ0v) is 9.47. The normalized spacial score (nSPS) is 9.93. The van der Waals surface area contributed by atoms with Gasteiger partial charge in [0.25, 0.3) is 0 Å². The highest BCUT2D eigenvalue weighted by Gasteiger charge is 2.00. The monoisotopic (exact) mass is 224 g/mol. The van der Waals surface area contributed by atoms with E-state index in [2.05, 4.69) is 12.2 Å². The second-order valence-electron chi connectivity index (χ2n) is 3.05. The van der Waals surface area contributed by atoms with Gasteiger partial charge in [0.2, 0.25) is 0 Å². The van der Waals surface area contributed by atoms with Crippen molar-refractivity contribution in [2.24, 2.45) is 0 Å². The first-order valence-electron chi connectivity index (χ1n) is 4.83. The van der Waals surface area contributed by atoms with E-state index in [4.69, 9.17) is 0 Å². The summed E-state index contributed by atoms with van der Waals surface area (Å²) in [7, 11) is 0. The van der Waals surface area contributed by atoms with Gasteiger partial charge in [0, 0.05) is 12.3 Å². The lowest BCUT2D eigenvalue weighted by atomic mass is 10.1. The molecule has 15 heavy (non-hydrogen) atoms. The van der Waals surface area contributed by atoms with Gasteiger partial charge in [0.15, 0.2) is 0 Å². The van der Waals surface area contributed by atoms with Crippen LogP contribution in [0.3, 0.4) is 0 Å². The van der Waals surface area contributed by atoms with Crippen molar-refractivity contribution in [2.75, 3.05) is 5.75 Å². The van der Waals surface area contributed by atoms with Crippen LogP contribution in [0.25, 0.3) is 0 Å². The van der Waals surface area contributed by atoms with E-state index in [0.717, 1.165) is 17.1 Å². The molecular weight excluding hydrogens is 210 g/mol. The Bertz CT molecular complexity index is 328. The van der Waals surface area contributed by atoms with Crippen molar-refractivity contribution in [3.05, 3.63) is 35.4 Å². The average molecular weight is 224 g/mol. The Balaban J connectivity index is 2.63. The Morgan fingerprint density at radius 3 is 2.67 bits per heavy atom. The molecule has 0 spiro atoms. The van der Waals surface area contributed by atoms with Gasteiger partial charge in [-0.3, -0.25) is 0 Å². The summed E-state index contributed by atoms with van der Waals surface area (Å²) in [5.41, 5.74) is 2.20. The van der Waals surface area contributed by atoms with E-state index in [-0.39, 0.29) is 0 Å². The van der Waals surface area contributed by atoms with E-state index in [9.17, 15) is 9.90 Å². The summed E-state index contributed by atoms with van der Waals surface area (Å²) >= 11 is 1.82. The molecule has 1 aromatic rings. The maximum Gasteiger partial charge on any atom is 0.134 e. The molecule has 0 unspecified atom stereocenters. The number of carboxylic acid groups (broad SMARTS) is 1. The third kappa shape index (κ3) is 4.25. The fourth-order valence-corrected chi connectivity index (χ4v) is 1.96. The van der Waals surface area contributed by atoms with Crippen molar-refractivity contribution >= 4 is 17.9 Å². The van der Waals surface area contributed by atoms with Gasteiger partial charge >= 0.3 is 0 Å². The molecule has 0 aliphatic heterocycles. The predicted octanol–water partition coefficient (Wildman–Crippen LogP) is 1.37. The number of carbonyl (C=O) groups excluding carboxylic acids is 1. The lowest BCUT2D eigenvalue weighted by Gasteiger charge is -2.11. The average Bonchev–Trinajstić information content (AvgIpc) is 2.24. The van der Waals surface area contributed by atoms with Gasteiger partial charge in [-0.1, -0.05) is 31.2 Å². The maximum absolute atomic E-state index is 10.3. The van der Waals surface area contributed by atoms with Crippen molar-refractivity contribution in [1.29, 1.82) is 0 Å². The number of hydrogen-bond acceptors (Lipinski definition) is 3. The Kier molecular flexibility index (Phi) is 5.04. The van der Waals surface area contributed by atoms with Gasteiger partial charge in [0.05, 0.1) is 0 Å². The quantitative estimate of drug-likeness (QED) is 0.822. The van der Waals surface area contributed by atoms with Gasteiger partial charge in [-0.05, 0) is 16.9 Å². The molecule has 4 heteroatoms. The predicted molar refractivity (Wildman–Crippen MR) is 60.5 cm³/mol.